The van der Waals surface area contributed by atoms with Crippen LogP contribution in [0.2, 0.25) is 4.47 Å². The van der Waals surface area contributed by atoms with Crippen LogP contribution in [-0.2, 0) is 0 Å². The first-order valence-corrected chi connectivity index (χ1v) is 8.45. The van der Waals surface area contributed by atoms with Crippen LogP contribution in [-0.4, -0.2) is 37.8 Å². The van der Waals surface area contributed by atoms with Crippen LogP contribution >= 0.6 is 22.9 Å². The summed E-state index contributed by atoms with van der Waals surface area (Å²) in [5, 5.41) is 8.92. The average molecular weight is 335 g/mol. The lowest BCUT2D eigenvalue weighted by Crippen LogP contribution is -2.34. The molecule has 114 valence electrons. The van der Waals surface area contributed by atoms with Crippen molar-refractivity contribution in [1.29, 1.82) is 0 Å². The number of aromatic nitrogens is 5. The zero-order valence-electron chi connectivity index (χ0n) is 12.1. The molecule has 1 fully saturated rings. The minimum Gasteiger partial charge on any atom is -0.346 e. The standard InChI is InChI=1S/C14H15ClN6S/c1-9-17-11-3-2-6-16-12(11)21(9)10-4-7-20(8-5-10)14-19-18-13(15)22-14/h2-3,6,10H,4-5,7-8H2,1H3. The largest absolute Gasteiger partial charge is 0.346 e. The molecule has 0 atom stereocenters. The molecule has 0 saturated carbocycles. The van der Waals surface area contributed by atoms with Crippen molar-refractivity contribution in [2.75, 3.05) is 18.0 Å². The molecule has 1 aliphatic heterocycles. The van der Waals surface area contributed by atoms with E-state index in [2.05, 4.69) is 36.6 Å². The Morgan fingerprint density at radius 3 is 2.82 bits per heavy atom. The topological polar surface area (TPSA) is 59.7 Å². The fourth-order valence-corrected chi connectivity index (χ4v) is 3.99. The number of pyridine rings is 1. The molecule has 1 saturated heterocycles. The molecule has 0 amide bonds. The van der Waals surface area contributed by atoms with Crippen molar-refractivity contribution in [3.63, 3.8) is 0 Å². The maximum atomic E-state index is 5.87. The lowest BCUT2D eigenvalue weighted by atomic mass is 10.1. The number of rotatable bonds is 2. The van der Waals surface area contributed by atoms with E-state index in [0.717, 1.165) is 48.1 Å². The van der Waals surface area contributed by atoms with Crippen LogP contribution in [0.1, 0.15) is 24.7 Å². The van der Waals surface area contributed by atoms with Crippen LogP contribution in [0.3, 0.4) is 0 Å². The number of imidazole rings is 1. The second kappa shape index (κ2) is 5.48. The van der Waals surface area contributed by atoms with Crippen molar-refractivity contribution in [2.24, 2.45) is 0 Å². The van der Waals surface area contributed by atoms with E-state index in [1.165, 1.54) is 11.3 Å². The van der Waals surface area contributed by atoms with Gasteiger partial charge in [-0.2, -0.15) is 0 Å². The second-order valence-electron chi connectivity index (χ2n) is 5.43. The van der Waals surface area contributed by atoms with Crippen LogP contribution in [0.4, 0.5) is 5.13 Å². The van der Waals surface area contributed by atoms with Crippen LogP contribution in [0.5, 0.6) is 0 Å². The Balaban J connectivity index is 1.57. The average Bonchev–Trinajstić information content (AvgIpc) is 3.10. The fourth-order valence-electron chi connectivity index (χ4n) is 3.12. The van der Waals surface area contributed by atoms with Crippen molar-refractivity contribution >= 4 is 39.2 Å². The quantitative estimate of drug-likeness (QED) is 0.720. The van der Waals surface area contributed by atoms with Gasteiger partial charge in [0.05, 0.1) is 0 Å². The van der Waals surface area contributed by atoms with Crippen molar-refractivity contribution < 1.29 is 0 Å². The summed E-state index contributed by atoms with van der Waals surface area (Å²) in [5.41, 5.74) is 1.95. The van der Waals surface area contributed by atoms with Gasteiger partial charge in [0, 0.05) is 25.3 Å². The van der Waals surface area contributed by atoms with Gasteiger partial charge in [0.1, 0.15) is 11.3 Å². The van der Waals surface area contributed by atoms with Crippen molar-refractivity contribution in [2.45, 2.75) is 25.8 Å². The number of fused-ring (bicyclic) bond motifs is 1. The van der Waals surface area contributed by atoms with Gasteiger partial charge in [-0.25, -0.2) is 9.97 Å². The smallest absolute Gasteiger partial charge is 0.209 e. The Bertz CT molecular complexity index is 805. The van der Waals surface area contributed by atoms with E-state index in [0.29, 0.717) is 10.5 Å². The molecule has 6 nitrogen and oxygen atoms in total. The first-order chi connectivity index (χ1) is 10.7. The summed E-state index contributed by atoms with van der Waals surface area (Å²) in [6.45, 7) is 3.95. The fraction of sp³-hybridized carbons (Fsp3) is 0.429. The van der Waals surface area contributed by atoms with Crippen LogP contribution in [0.15, 0.2) is 18.3 Å². The molecule has 3 aromatic rings. The summed E-state index contributed by atoms with van der Waals surface area (Å²) in [7, 11) is 0. The van der Waals surface area contributed by atoms with Gasteiger partial charge in [-0.05, 0) is 43.5 Å². The third-order valence-electron chi connectivity index (χ3n) is 4.11. The molecule has 8 heteroatoms. The Morgan fingerprint density at radius 1 is 1.27 bits per heavy atom. The predicted molar refractivity (Wildman–Crippen MR) is 87.7 cm³/mol. The van der Waals surface area contributed by atoms with Gasteiger partial charge >= 0.3 is 0 Å². The molecule has 0 N–H and O–H groups in total. The van der Waals surface area contributed by atoms with E-state index >= 15 is 0 Å². The van der Waals surface area contributed by atoms with E-state index in [9.17, 15) is 0 Å². The van der Waals surface area contributed by atoms with E-state index < -0.39 is 0 Å². The normalized spacial score (nSPS) is 16.5. The van der Waals surface area contributed by atoms with Crippen molar-refractivity contribution in [3.8, 4) is 0 Å². The second-order valence-corrected chi connectivity index (χ2v) is 6.97. The van der Waals surface area contributed by atoms with Crippen molar-refractivity contribution in [1.82, 2.24) is 24.7 Å². The Hall–Kier alpha value is -1.73. The Labute approximate surface area is 136 Å². The summed E-state index contributed by atoms with van der Waals surface area (Å²) in [5.74, 6) is 1.03. The molecular weight excluding hydrogens is 320 g/mol. The molecule has 4 rings (SSSR count). The molecule has 1 aliphatic rings. The summed E-state index contributed by atoms with van der Waals surface area (Å²) >= 11 is 7.31. The minimum atomic E-state index is 0.430. The van der Waals surface area contributed by atoms with Gasteiger partial charge in [0.25, 0.3) is 0 Å². The molecule has 0 unspecified atom stereocenters. The van der Waals surface area contributed by atoms with Gasteiger partial charge in [0.2, 0.25) is 9.60 Å². The van der Waals surface area contributed by atoms with Gasteiger partial charge in [0.15, 0.2) is 5.65 Å². The van der Waals surface area contributed by atoms with Gasteiger partial charge in [-0.15, -0.1) is 10.2 Å². The zero-order chi connectivity index (χ0) is 15.1. The number of hydrogen-bond acceptors (Lipinski definition) is 6. The van der Waals surface area contributed by atoms with E-state index in [1.54, 1.807) is 0 Å². The Morgan fingerprint density at radius 2 is 2.09 bits per heavy atom. The zero-order valence-corrected chi connectivity index (χ0v) is 13.7. The predicted octanol–water partition coefficient (Wildman–Crippen LogP) is 3.09. The molecule has 22 heavy (non-hydrogen) atoms. The van der Waals surface area contributed by atoms with E-state index in [-0.39, 0.29) is 0 Å². The summed E-state index contributed by atoms with van der Waals surface area (Å²) in [4.78, 5) is 11.4. The third-order valence-corrected chi connectivity index (χ3v) is 5.19. The molecule has 3 aromatic heterocycles. The summed E-state index contributed by atoms with van der Waals surface area (Å²) in [6, 6.07) is 4.38. The highest BCUT2D eigenvalue weighted by Gasteiger charge is 2.25. The first-order valence-electron chi connectivity index (χ1n) is 7.26. The number of halogens is 1. The van der Waals surface area contributed by atoms with Crippen LogP contribution in [0, 0.1) is 6.92 Å². The van der Waals surface area contributed by atoms with Gasteiger partial charge in [-0.1, -0.05) is 11.3 Å². The van der Waals surface area contributed by atoms with Gasteiger partial charge in [-0.3, -0.25) is 0 Å². The highest BCUT2D eigenvalue weighted by molar-refractivity contribution is 7.19. The van der Waals surface area contributed by atoms with Crippen molar-refractivity contribution in [3.05, 3.63) is 28.6 Å². The molecule has 0 aliphatic carbocycles. The molecule has 0 spiro atoms. The lowest BCUT2D eigenvalue weighted by Gasteiger charge is -2.32. The highest BCUT2D eigenvalue weighted by Crippen LogP contribution is 2.31. The molecular formula is C14H15ClN6S. The highest BCUT2D eigenvalue weighted by atomic mass is 35.5. The number of piperidine rings is 1. The number of anilines is 1. The minimum absolute atomic E-state index is 0.430. The molecule has 0 radical (unpaired) electrons. The first kappa shape index (κ1) is 13.9. The maximum absolute atomic E-state index is 5.87. The SMILES string of the molecule is Cc1nc2cccnc2n1C1CCN(c2nnc(Cl)s2)CC1. The third kappa shape index (κ3) is 2.34. The molecule has 0 bridgehead atoms. The number of nitrogens with zero attached hydrogens (tertiary/aromatic N) is 6. The Kier molecular flexibility index (Phi) is 3.46. The lowest BCUT2D eigenvalue weighted by molar-refractivity contribution is 0.396. The van der Waals surface area contributed by atoms with Crippen LogP contribution in [0.25, 0.3) is 11.2 Å². The summed E-state index contributed by atoms with van der Waals surface area (Å²) < 4.78 is 2.78. The number of aryl methyl sites for hydroxylation is 1. The maximum Gasteiger partial charge on any atom is 0.209 e. The van der Waals surface area contributed by atoms with Crippen LogP contribution < -0.4 is 4.90 Å². The van der Waals surface area contributed by atoms with E-state index in [4.69, 9.17) is 11.6 Å². The summed E-state index contributed by atoms with van der Waals surface area (Å²) in [6.07, 6.45) is 3.92. The number of hydrogen-bond donors (Lipinski definition) is 0. The van der Waals surface area contributed by atoms with E-state index in [1.807, 2.05) is 18.3 Å². The molecule has 4 heterocycles. The van der Waals surface area contributed by atoms with Gasteiger partial charge < -0.3 is 9.47 Å². The monoisotopic (exact) mass is 334 g/mol. The molecule has 0 aromatic carbocycles.